The lowest BCUT2D eigenvalue weighted by Crippen LogP contribution is -2.51. The highest BCUT2D eigenvalue weighted by molar-refractivity contribution is 7.88. The first kappa shape index (κ1) is 21.5. The van der Waals surface area contributed by atoms with Gasteiger partial charge in [0.05, 0.1) is 18.3 Å². The van der Waals surface area contributed by atoms with E-state index in [0.717, 1.165) is 16.7 Å². The zero-order valence-electron chi connectivity index (χ0n) is 17.0. The maximum atomic E-state index is 12.6. The van der Waals surface area contributed by atoms with Crippen molar-refractivity contribution in [1.82, 2.24) is 14.5 Å². The smallest absolute Gasteiger partial charge is 0.234 e. The first-order valence-electron chi connectivity index (χ1n) is 9.94. The van der Waals surface area contributed by atoms with Crippen LogP contribution in [0.5, 0.6) is 0 Å². The number of amides is 1. The van der Waals surface area contributed by atoms with E-state index in [1.807, 2.05) is 73.3 Å². The fourth-order valence-electron chi connectivity index (χ4n) is 3.68. The van der Waals surface area contributed by atoms with E-state index in [9.17, 15) is 13.2 Å². The summed E-state index contributed by atoms with van der Waals surface area (Å²) in [6.07, 6.45) is 0. The molecule has 0 radical (unpaired) electrons. The molecule has 3 rings (SSSR count). The van der Waals surface area contributed by atoms with Crippen LogP contribution in [0.1, 0.15) is 29.7 Å². The molecule has 1 amide bonds. The lowest BCUT2D eigenvalue weighted by atomic mass is 10.0. The van der Waals surface area contributed by atoms with Gasteiger partial charge in [0.1, 0.15) is 0 Å². The fourth-order valence-corrected chi connectivity index (χ4v) is 5.20. The van der Waals surface area contributed by atoms with Gasteiger partial charge in [0.15, 0.2) is 0 Å². The average molecular weight is 416 g/mol. The number of hydrogen-bond donors (Lipinski definition) is 1. The molecular weight excluding hydrogens is 386 g/mol. The van der Waals surface area contributed by atoms with Crippen molar-refractivity contribution in [3.05, 3.63) is 71.3 Å². The zero-order chi connectivity index (χ0) is 20.9. The minimum atomic E-state index is -3.34. The van der Waals surface area contributed by atoms with Crippen LogP contribution in [0.2, 0.25) is 0 Å². The van der Waals surface area contributed by atoms with Gasteiger partial charge in [-0.1, -0.05) is 54.6 Å². The number of piperazine rings is 1. The molecule has 156 valence electrons. The Bertz CT molecular complexity index is 923. The second-order valence-corrected chi connectivity index (χ2v) is 9.53. The van der Waals surface area contributed by atoms with Crippen molar-refractivity contribution in [2.24, 2.45) is 0 Å². The summed E-state index contributed by atoms with van der Waals surface area (Å²) in [5.74, 6) is -0.0243. The molecule has 1 aliphatic rings. The van der Waals surface area contributed by atoms with Crippen molar-refractivity contribution in [3.63, 3.8) is 0 Å². The third kappa shape index (κ3) is 5.88. The molecule has 1 fully saturated rings. The summed E-state index contributed by atoms with van der Waals surface area (Å²) in [5.41, 5.74) is 3.05. The van der Waals surface area contributed by atoms with Gasteiger partial charge in [0.2, 0.25) is 15.9 Å². The summed E-state index contributed by atoms with van der Waals surface area (Å²) in [5, 5.41) is 3.05. The van der Waals surface area contributed by atoms with Crippen molar-refractivity contribution in [2.75, 3.05) is 32.7 Å². The molecule has 1 unspecified atom stereocenters. The SMILES string of the molecule is Cc1ccccc1C(C)NC(=O)CN1CCN(S(=O)(=O)Cc2ccccc2)CC1. The number of hydrogen-bond acceptors (Lipinski definition) is 4. The first-order valence-corrected chi connectivity index (χ1v) is 11.5. The third-order valence-corrected chi connectivity index (χ3v) is 7.17. The molecular formula is C22H29N3O3S. The van der Waals surface area contributed by atoms with Crippen molar-refractivity contribution >= 4 is 15.9 Å². The van der Waals surface area contributed by atoms with E-state index in [2.05, 4.69) is 5.32 Å². The number of aryl methyl sites for hydroxylation is 1. The molecule has 1 saturated heterocycles. The number of benzene rings is 2. The molecule has 1 aliphatic heterocycles. The van der Waals surface area contributed by atoms with Crippen molar-refractivity contribution in [1.29, 1.82) is 0 Å². The minimum Gasteiger partial charge on any atom is -0.348 e. The van der Waals surface area contributed by atoms with E-state index < -0.39 is 10.0 Å². The number of carbonyl (C=O) groups is 1. The lowest BCUT2D eigenvalue weighted by Gasteiger charge is -2.33. The second kappa shape index (κ2) is 9.52. The van der Waals surface area contributed by atoms with E-state index in [1.54, 1.807) is 0 Å². The normalized spacial score (nSPS) is 17.0. The molecule has 0 bridgehead atoms. The van der Waals surface area contributed by atoms with Gasteiger partial charge in [-0.3, -0.25) is 9.69 Å². The van der Waals surface area contributed by atoms with Crippen LogP contribution in [0, 0.1) is 6.92 Å². The number of rotatable bonds is 7. The molecule has 29 heavy (non-hydrogen) atoms. The molecule has 0 saturated carbocycles. The Labute approximate surface area is 173 Å². The summed E-state index contributed by atoms with van der Waals surface area (Å²) in [6, 6.07) is 17.2. The maximum Gasteiger partial charge on any atom is 0.234 e. The van der Waals surface area contributed by atoms with Gasteiger partial charge in [-0.25, -0.2) is 8.42 Å². The fraction of sp³-hybridized carbons (Fsp3) is 0.409. The molecule has 6 nitrogen and oxygen atoms in total. The highest BCUT2D eigenvalue weighted by Gasteiger charge is 2.28. The molecule has 2 aromatic rings. The topological polar surface area (TPSA) is 69.7 Å². The Morgan fingerprint density at radius 2 is 1.62 bits per heavy atom. The summed E-state index contributed by atoms with van der Waals surface area (Å²) in [6.45, 7) is 6.23. The number of nitrogens with zero attached hydrogens (tertiary/aromatic N) is 2. The standard InChI is InChI=1S/C22H29N3O3S/c1-18-8-6-7-11-21(18)19(2)23-22(26)16-24-12-14-25(15-13-24)29(27,28)17-20-9-4-3-5-10-20/h3-11,19H,12-17H2,1-2H3,(H,23,26). The van der Waals surface area contributed by atoms with Crippen LogP contribution in [0.3, 0.4) is 0 Å². The van der Waals surface area contributed by atoms with Crippen LogP contribution < -0.4 is 5.32 Å². The van der Waals surface area contributed by atoms with E-state index in [4.69, 9.17) is 0 Å². The Morgan fingerprint density at radius 3 is 2.28 bits per heavy atom. The zero-order valence-corrected chi connectivity index (χ0v) is 17.9. The molecule has 0 spiro atoms. The summed E-state index contributed by atoms with van der Waals surface area (Å²) in [7, 11) is -3.34. The van der Waals surface area contributed by atoms with E-state index >= 15 is 0 Å². The molecule has 1 atom stereocenters. The number of sulfonamides is 1. The monoisotopic (exact) mass is 415 g/mol. The minimum absolute atomic E-state index is 0.0161. The highest BCUT2D eigenvalue weighted by atomic mass is 32.2. The molecule has 0 aliphatic carbocycles. The third-order valence-electron chi connectivity index (χ3n) is 5.32. The summed E-state index contributed by atoms with van der Waals surface area (Å²) < 4.78 is 26.8. The maximum absolute atomic E-state index is 12.6. The predicted molar refractivity (Wildman–Crippen MR) is 115 cm³/mol. The molecule has 0 aromatic heterocycles. The van der Waals surface area contributed by atoms with Gasteiger partial charge in [-0.2, -0.15) is 4.31 Å². The summed E-state index contributed by atoms with van der Waals surface area (Å²) >= 11 is 0. The Balaban J connectivity index is 1.48. The van der Waals surface area contributed by atoms with Gasteiger partial charge in [0.25, 0.3) is 0 Å². The Kier molecular flexibility index (Phi) is 7.05. The molecule has 7 heteroatoms. The van der Waals surface area contributed by atoms with Crippen molar-refractivity contribution in [2.45, 2.75) is 25.6 Å². The van der Waals surface area contributed by atoms with Crippen LogP contribution in [-0.4, -0.2) is 56.3 Å². The Morgan fingerprint density at radius 1 is 1.00 bits per heavy atom. The largest absolute Gasteiger partial charge is 0.348 e. The quantitative estimate of drug-likeness (QED) is 0.754. The van der Waals surface area contributed by atoms with Crippen molar-refractivity contribution in [3.8, 4) is 0 Å². The molecule has 2 aromatic carbocycles. The first-order chi connectivity index (χ1) is 13.8. The lowest BCUT2D eigenvalue weighted by molar-refractivity contribution is -0.123. The van der Waals surface area contributed by atoms with Gasteiger partial charge in [-0.15, -0.1) is 0 Å². The number of carbonyl (C=O) groups excluding carboxylic acids is 1. The van der Waals surface area contributed by atoms with Gasteiger partial charge >= 0.3 is 0 Å². The van der Waals surface area contributed by atoms with Crippen LogP contribution in [0.15, 0.2) is 54.6 Å². The van der Waals surface area contributed by atoms with Gasteiger partial charge in [0, 0.05) is 26.2 Å². The number of nitrogens with one attached hydrogen (secondary N) is 1. The van der Waals surface area contributed by atoms with Crippen LogP contribution in [0.4, 0.5) is 0 Å². The van der Waals surface area contributed by atoms with Crippen LogP contribution in [-0.2, 0) is 20.6 Å². The van der Waals surface area contributed by atoms with E-state index in [1.165, 1.54) is 4.31 Å². The van der Waals surface area contributed by atoms with E-state index in [0.29, 0.717) is 26.2 Å². The highest BCUT2D eigenvalue weighted by Crippen LogP contribution is 2.17. The summed E-state index contributed by atoms with van der Waals surface area (Å²) in [4.78, 5) is 14.4. The molecule has 1 N–H and O–H groups in total. The van der Waals surface area contributed by atoms with Gasteiger partial charge in [-0.05, 0) is 30.5 Å². The Hall–Kier alpha value is -2.22. The van der Waals surface area contributed by atoms with Crippen LogP contribution in [0.25, 0.3) is 0 Å². The van der Waals surface area contributed by atoms with E-state index in [-0.39, 0.29) is 24.2 Å². The van der Waals surface area contributed by atoms with Crippen LogP contribution >= 0.6 is 0 Å². The van der Waals surface area contributed by atoms with Gasteiger partial charge < -0.3 is 5.32 Å². The molecule has 1 heterocycles. The predicted octanol–water partition coefficient (Wildman–Crippen LogP) is 2.32. The van der Waals surface area contributed by atoms with Crippen molar-refractivity contribution < 1.29 is 13.2 Å². The average Bonchev–Trinajstić information content (AvgIpc) is 2.69. The second-order valence-electron chi connectivity index (χ2n) is 7.56.